The number of aromatic nitrogens is 4. The molecule has 0 bridgehead atoms. The molecule has 2 heterocycles. The van der Waals surface area contributed by atoms with Crippen LogP contribution < -0.4 is 4.74 Å². The molecule has 5 nitrogen and oxygen atoms in total. The summed E-state index contributed by atoms with van der Waals surface area (Å²) in [5.74, 6) is 0.646. The van der Waals surface area contributed by atoms with E-state index in [2.05, 4.69) is 35.0 Å². The van der Waals surface area contributed by atoms with Gasteiger partial charge in [0.25, 0.3) is 5.78 Å². The molecular weight excluding hydrogens is 228 g/mol. The summed E-state index contributed by atoms with van der Waals surface area (Å²) < 4.78 is 7.14. The molecule has 0 aromatic carbocycles. The van der Waals surface area contributed by atoms with Crippen LogP contribution in [0.15, 0.2) is 6.07 Å². The molecule has 5 heteroatoms. The zero-order valence-corrected chi connectivity index (χ0v) is 11.3. The van der Waals surface area contributed by atoms with Crippen LogP contribution >= 0.6 is 0 Å². The minimum absolute atomic E-state index is 0.413. The van der Waals surface area contributed by atoms with Gasteiger partial charge in [0.15, 0.2) is 0 Å². The van der Waals surface area contributed by atoms with E-state index < -0.39 is 0 Å². The Morgan fingerprint density at radius 2 is 1.89 bits per heavy atom. The summed E-state index contributed by atoms with van der Waals surface area (Å²) >= 11 is 0. The first-order valence-corrected chi connectivity index (χ1v) is 6.66. The van der Waals surface area contributed by atoms with Crippen molar-refractivity contribution in [2.24, 2.45) is 0 Å². The molecule has 0 aliphatic heterocycles. The lowest BCUT2D eigenvalue weighted by Gasteiger charge is -2.04. The van der Waals surface area contributed by atoms with Crippen molar-refractivity contribution in [1.29, 1.82) is 0 Å². The summed E-state index contributed by atoms with van der Waals surface area (Å²) in [6, 6.07) is 2.54. The van der Waals surface area contributed by atoms with Crippen molar-refractivity contribution in [2.75, 3.05) is 6.61 Å². The van der Waals surface area contributed by atoms with Gasteiger partial charge in [-0.1, -0.05) is 26.7 Å². The predicted molar refractivity (Wildman–Crippen MR) is 69.9 cm³/mol. The Hall–Kier alpha value is -1.65. The van der Waals surface area contributed by atoms with E-state index in [-0.39, 0.29) is 0 Å². The highest BCUT2D eigenvalue weighted by molar-refractivity contribution is 5.33. The van der Waals surface area contributed by atoms with Crippen LogP contribution in [0.25, 0.3) is 5.78 Å². The van der Waals surface area contributed by atoms with Crippen LogP contribution in [0.3, 0.4) is 0 Å². The number of nitrogens with zero attached hydrogens (tertiary/aromatic N) is 4. The van der Waals surface area contributed by atoms with Gasteiger partial charge in [-0.2, -0.15) is 9.50 Å². The minimum Gasteiger partial charge on any atom is -0.463 e. The molecule has 0 aliphatic rings. The van der Waals surface area contributed by atoms with Gasteiger partial charge in [-0.25, -0.2) is 4.98 Å². The molecule has 0 amide bonds. The fourth-order valence-corrected chi connectivity index (χ4v) is 1.97. The van der Waals surface area contributed by atoms with Crippen LogP contribution in [-0.4, -0.2) is 26.2 Å². The molecule has 0 unspecified atom stereocenters. The van der Waals surface area contributed by atoms with Crippen LogP contribution in [0, 0.1) is 0 Å². The van der Waals surface area contributed by atoms with Gasteiger partial charge in [0.1, 0.15) is 0 Å². The second-order valence-corrected chi connectivity index (χ2v) is 4.28. The van der Waals surface area contributed by atoms with E-state index in [1.165, 1.54) is 0 Å². The van der Waals surface area contributed by atoms with Crippen molar-refractivity contribution < 1.29 is 4.74 Å². The van der Waals surface area contributed by atoms with Crippen molar-refractivity contribution in [3.63, 3.8) is 0 Å². The van der Waals surface area contributed by atoms with E-state index >= 15 is 0 Å². The number of hydrogen-bond acceptors (Lipinski definition) is 4. The van der Waals surface area contributed by atoms with E-state index in [1.54, 1.807) is 4.52 Å². The first-order valence-electron chi connectivity index (χ1n) is 6.66. The molecule has 0 saturated heterocycles. The summed E-state index contributed by atoms with van der Waals surface area (Å²) in [4.78, 5) is 8.83. The van der Waals surface area contributed by atoms with E-state index in [1.807, 2.05) is 6.92 Å². The zero-order valence-electron chi connectivity index (χ0n) is 11.3. The summed E-state index contributed by atoms with van der Waals surface area (Å²) in [5, 5.41) is 4.34. The summed E-state index contributed by atoms with van der Waals surface area (Å²) in [5.41, 5.74) is 2.24. The van der Waals surface area contributed by atoms with Gasteiger partial charge in [0.2, 0.25) is 0 Å². The first-order chi connectivity index (χ1) is 8.78. The third-order valence-electron chi connectivity index (χ3n) is 2.71. The second kappa shape index (κ2) is 5.80. The molecule has 0 atom stereocenters. The van der Waals surface area contributed by atoms with Crippen LogP contribution in [0.5, 0.6) is 6.01 Å². The fraction of sp³-hybridized carbons (Fsp3) is 0.615. The number of fused-ring (bicyclic) bond motifs is 1. The lowest BCUT2D eigenvalue weighted by atomic mass is 10.2. The Labute approximate surface area is 107 Å². The third-order valence-corrected chi connectivity index (χ3v) is 2.71. The van der Waals surface area contributed by atoms with Gasteiger partial charge in [-0.15, -0.1) is 5.10 Å². The average Bonchev–Trinajstić information content (AvgIpc) is 2.73. The van der Waals surface area contributed by atoms with Gasteiger partial charge in [0, 0.05) is 11.4 Å². The molecule has 98 valence electrons. The molecule has 0 fully saturated rings. The zero-order chi connectivity index (χ0) is 13.0. The van der Waals surface area contributed by atoms with Crippen molar-refractivity contribution >= 4 is 5.78 Å². The van der Waals surface area contributed by atoms with Gasteiger partial charge in [-0.3, -0.25) is 0 Å². The van der Waals surface area contributed by atoms with Gasteiger partial charge >= 0.3 is 6.01 Å². The molecular formula is C13H20N4O. The normalized spacial score (nSPS) is 11.1. The first kappa shape index (κ1) is 12.8. The van der Waals surface area contributed by atoms with Crippen molar-refractivity contribution in [3.8, 4) is 6.01 Å². The SMILES string of the molecule is CCCc1cc(CCC)n2nc(OCC)nc2n1. The van der Waals surface area contributed by atoms with Crippen LogP contribution in [0.1, 0.15) is 45.0 Å². The van der Waals surface area contributed by atoms with E-state index in [0.29, 0.717) is 18.4 Å². The lowest BCUT2D eigenvalue weighted by Crippen LogP contribution is -2.04. The molecule has 18 heavy (non-hydrogen) atoms. The minimum atomic E-state index is 0.413. The maximum Gasteiger partial charge on any atom is 0.337 e. The topological polar surface area (TPSA) is 52.3 Å². The molecule has 0 N–H and O–H groups in total. The van der Waals surface area contributed by atoms with E-state index in [9.17, 15) is 0 Å². The highest BCUT2D eigenvalue weighted by atomic mass is 16.5. The highest BCUT2D eigenvalue weighted by Crippen LogP contribution is 2.13. The molecule has 2 rings (SSSR count). The van der Waals surface area contributed by atoms with Gasteiger partial charge in [-0.05, 0) is 25.8 Å². The molecule has 0 aliphatic carbocycles. The number of aryl methyl sites for hydroxylation is 2. The van der Waals surface area contributed by atoms with E-state index in [4.69, 9.17) is 4.74 Å². The molecule has 2 aromatic rings. The summed E-state index contributed by atoms with van der Waals surface area (Å²) in [7, 11) is 0. The van der Waals surface area contributed by atoms with Crippen molar-refractivity contribution in [3.05, 3.63) is 17.5 Å². The largest absolute Gasteiger partial charge is 0.463 e. The Morgan fingerprint density at radius 3 is 2.56 bits per heavy atom. The molecule has 0 saturated carbocycles. The van der Waals surface area contributed by atoms with Crippen LogP contribution in [0.2, 0.25) is 0 Å². The monoisotopic (exact) mass is 248 g/mol. The van der Waals surface area contributed by atoms with Crippen molar-refractivity contribution in [1.82, 2.24) is 19.6 Å². The highest BCUT2D eigenvalue weighted by Gasteiger charge is 2.10. The molecule has 0 radical (unpaired) electrons. The Balaban J connectivity index is 2.46. The number of rotatable bonds is 6. The van der Waals surface area contributed by atoms with Crippen molar-refractivity contribution in [2.45, 2.75) is 46.5 Å². The lowest BCUT2D eigenvalue weighted by molar-refractivity contribution is 0.313. The quantitative estimate of drug-likeness (QED) is 0.787. The number of hydrogen-bond donors (Lipinski definition) is 0. The standard InChI is InChI=1S/C13H20N4O/c1-4-7-10-9-11(8-5-2)17-12(14-10)15-13(16-17)18-6-3/h9H,4-8H2,1-3H3. The maximum absolute atomic E-state index is 5.34. The number of ether oxygens (including phenoxy) is 1. The molecule has 2 aromatic heterocycles. The van der Waals surface area contributed by atoms with Gasteiger partial charge < -0.3 is 4.74 Å². The Bertz CT molecular complexity index is 521. The smallest absolute Gasteiger partial charge is 0.337 e. The predicted octanol–water partition coefficient (Wildman–Crippen LogP) is 2.43. The van der Waals surface area contributed by atoms with Crippen LogP contribution in [0.4, 0.5) is 0 Å². The third kappa shape index (κ3) is 2.60. The van der Waals surface area contributed by atoms with Crippen LogP contribution in [-0.2, 0) is 12.8 Å². The average molecular weight is 248 g/mol. The second-order valence-electron chi connectivity index (χ2n) is 4.28. The van der Waals surface area contributed by atoms with Gasteiger partial charge in [0.05, 0.1) is 6.61 Å². The fourth-order valence-electron chi connectivity index (χ4n) is 1.97. The molecule has 0 spiro atoms. The van der Waals surface area contributed by atoms with E-state index in [0.717, 1.165) is 37.1 Å². The maximum atomic E-state index is 5.34. The Kier molecular flexibility index (Phi) is 4.12. The summed E-state index contributed by atoms with van der Waals surface area (Å²) in [6.45, 7) is 6.81. The summed E-state index contributed by atoms with van der Waals surface area (Å²) in [6.07, 6.45) is 4.12. The Morgan fingerprint density at radius 1 is 1.11 bits per heavy atom.